The summed E-state index contributed by atoms with van der Waals surface area (Å²) in [4.78, 5) is 12.6. The van der Waals surface area contributed by atoms with Crippen molar-refractivity contribution in [3.05, 3.63) is 53.6 Å². The SMILES string of the molecule is COc1cccc(CC(=O)N[C@@H](c2ccc3c(c2)OCCO3)C(C)C)c1. The van der Waals surface area contributed by atoms with Crippen molar-refractivity contribution in [2.24, 2.45) is 5.92 Å². The van der Waals surface area contributed by atoms with Gasteiger partial charge in [-0.1, -0.05) is 32.0 Å². The summed E-state index contributed by atoms with van der Waals surface area (Å²) in [5, 5.41) is 3.15. The maximum Gasteiger partial charge on any atom is 0.224 e. The minimum atomic E-state index is -0.0936. The van der Waals surface area contributed by atoms with Crippen molar-refractivity contribution in [1.82, 2.24) is 5.32 Å². The molecule has 3 rings (SSSR count). The number of rotatable bonds is 6. The van der Waals surface area contributed by atoms with Gasteiger partial charge in [-0.3, -0.25) is 4.79 Å². The van der Waals surface area contributed by atoms with E-state index in [1.165, 1.54) is 0 Å². The summed E-state index contributed by atoms with van der Waals surface area (Å²) in [5.74, 6) is 2.47. The Hall–Kier alpha value is -2.69. The number of carbonyl (C=O) groups excluding carboxylic acids is 1. The minimum absolute atomic E-state index is 0.0214. The van der Waals surface area contributed by atoms with Gasteiger partial charge in [-0.25, -0.2) is 0 Å². The lowest BCUT2D eigenvalue weighted by Crippen LogP contribution is -2.33. The Kier molecular flexibility index (Phi) is 5.66. The van der Waals surface area contributed by atoms with Crippen LogP contribution in [-0.2, 0) is 11.2 Å². The zero-order valence-electron chi connectivity index (χ0n) is 15.5. The van der Waals surface area contributed by atoms with Crippen molar-refractivity contribution in [2.75, 3.05) is 20.3 Å². The van der Waals surface area contributed by atoms with Gasteiger partial charge in [-0.05, 0) is 41.3 Å². The number of methoxy groups -OCH3 is 1. The average molecular weight is 355 g/mol. The van der Waals surface area contributed by atoms with E-state index in [2.05, 4.69) is 19.2 Å². The smallest absolute Gasteiger partial charge is 0.224 e. The number of hydrogen-bond acceptors (Lipinski definition) is 4. The summed E-state index contributed by atoms with van der Waals surface area (Å²) in [7, 11) is 1.62. The van der Waals surface area contributed by atoms with Gasteiger partial charge in [-0.15, -0.1) is 0 Å². The normalized spacial score (nSPS) is 14.0. The van der Waals surface area contributed by atoms with E-state index in [1.807, 2.05) is 42.5 Å². The van der Waals surface area contributed by atoms with Gasteiger partial charge >= 0.3 is 0 Å². The molecule has 0 unspecified atom stereocenters. The van der Waals surface area contributed by atoms with Crippen LogP contribution in [0.3, 0.4) is 0 Å². The lowest BCUT2D eigenvalue weighted by Gasteiger charge is -2.25. The number of hydrogen-bond donors (Lipinski definition) is 1. The maximum absolute atomic E-state index is 12.6. The van der Waals surface area contributed by atoms with Crippen LogP contribution in [0.15, 0.2) is 42.5 Å². The second kappa shape index (κ2) is 8.13. The Labute approximate surface area is 154 Å². The number of benzene rings is 2. The van der Waals surface area contributed by atoms with Crippen molar-refractivity contribution >= 4 is 5.91 Å². The van der Waals surface area contributed by atoms with E-state index < -0.39 is 0 Å². The predicted octanol–water partition coefficient (Wildman–Crippen LogP) is 3.52. The van der Waals surface area contributed by atoms with Crippen LogP contribution < -0.4 is 19.5 Å². The lowest BCUT2D eigenvalue weighted by molar-refractivity contribution is -0.121. The second-order valence-corrected chi connectivity index (χ2v) is 6.72. The summed E-state index contributed by atoms with van der Waals surface area (Å²) in [6.07, 6.45) is 0.310. The molecule has 1 heterocycles. The predicted molar refractivity (Wildman–Crippen MR) is 99.9 cm³/mol. The molecule has 1 amide bonds. The van der Waals surface area contributed by atoms with E-state index in [0.717, 1.165) is 28.4 Å². The summed E-state index contributed by atoms with van der Waals surface area (Å²) < 4.78 is 16.5. The van der Waals surface area contributed by atoms with Crippen molar-refractivity contribution in [1.29, 1.82) is 0 Å². The van der Waals surface area contributed by atoms with Gasteiger partial charge in [0.05, 0.1) is 19.6 Å². The maximum atomic E-state index is 12.6. The van der Waals surface area contributed by atoms with Crippen LogP contribution in [0, 0.1) is 5.92 Å². The van der Waals surface area contributed by atoms with Crippen LogP contribution in [0.25, 0.3) is 0 Å². The molecule has 0 aromatic heterocycles. The van der Waals surface area contributed by atoms with Crippen LogP contribution in [-0.4, -0.2) is 26.2 Å². The standard InChI is InChI=1S/C21H25NO4/c1-14(2)21(16-7-8-18-19(13-16)26-10-9-25-18)22-20(23)12-15-5-4-6-17(11-15)24-3/h4-8,11,13-14,21H,9-10,12H2,1-3H3,(H,22,23)/t21-/m1/s1. The first kappa shape index (κ1) is 18.1. The number of nitrogens with one attached hydrogen (secondary N) is 1. The third-order valence-electron chi connectivity index (χ3n) is 4.41. The quantitative estimate of drug-likeness (QED) is 0.861. The Bertz CT molecular complexity index is 772. The monoisotopic (exact) mass is 355 g/mol. The van der Waals surface area contributed by atoms with Crippen LogP contribution in [0.4, 0.5) is 0 Å². The van der Waals surface area contributed by atoms with E-state index in [-0.39, 0.29) is 17.9 Å². The number of amides is 1. The molecule has 1 aliphatic rings. The highest BCUT2D eigenvalue weighted by atomic mass is 16.6. The summed E-state index contributed by atoms with van der Waals surface area (Å²) in [6.45, 7) is 5.29. The van der Waals surface area contributed by atoms with Gasteiger partial charge in [0.1, 0.15) is 19.0 Å². The zero-order chi connectivity index (χ0) is 18.5. The fraction of sp³-hybridized carbons (Fsp3) is 0.381. The van der Waals surface area contributed by atoms with E-state index in [9.17, 15) is 4.79 Å². The molecule has 2 aromatic rings. The summed E-state index contributed by atoms with van der Waals surface area (Å²) in [5.41, 5.74) is 1.94. The Morgan fingerprint density at radius 3 is 2.62 bits per heavy atom. The molecule has 0 spiro atoms. The van der Waals surface area contributed by atoms with E-state index in [0.29, 0.717) is 19.6 Å². The molecule has 0 radical (unpaired) electrons. The third-order valence-corrected chi connectivity index (χ3v) is 4.41. The van der Waals surface area contributed by atoms with Crippen LogP contribution in [0.5, 0.6) is 17.2 Å². The largest absolute Gasteiger partial charge is 0.497 e. The molecular weight excluding hydrogens is 330 g/mol. The lowest BCUT2D eigenvalue weighted by atomic mass is 9.95. The van der Waals surface area contributed by atoms with Gasteiger partial charge < -0.3 is 19.5 Å². The van der Waals surface area contributed by atoms with Gasteiger partial charge in [0.15, 0.2) is 11.5 Å². The molecule has 0 bridgehead atoms. The van der Waals surface area contributed by atoms with Crippen molar-refractivity contribution in [2.45, 2.75) is 26.3 Å². The summed E-state index contributed by atoms with van der Waals surface area (Å²) in [6, 6.07) is 13.3. The molecule has 26 heavy (non-hydrogen) atoms. The second-order valence-electron chi connectivity index (χ2n) is 6.72. The third kappa shape index (κ3) is 4.28. The number of carbonyl (C=O) groups is 1. The molecule has 5 heteroatoms. The Balaban J connectivity index is 1.73. The molecule has 138 valence electrons. The van der Waals surface area contributed by atoms with Crippen LogP contribution in [0.2, 0.25) is 0 Å². The molecule has 5 nitrogen and oxygen atoms in total. The van der Waals surface area contributed by atoms with Crippen LogP contribution in [0.1, 0.15) is 31.0 Å². The van der Waals surface area contributed by atoms with Gasteiger partial charge in [0.2, 0.25) is 5.91 Å². The van der Waals surface area contributed by atoms with Crippen molar-refractivity contribution < 1.29 is 19.0 Å². The average Bonchev–Trinajstić information content (AvgIpc) is 2.65. The Morgan fingerprint density at radius 2 is 1.88 bits per heavy atom. The first-order chi connectivity index (χ1) is 12.6. The highest BCUT2D eigenvalue weighted by Gasteiger charge is 2.21. The highest BCUT2D eigenvalue weighted by Crippen LogP contribution is 2.34. The summed E-state index contributed by atoms with van der Waals surface area (Å²) >= 11 is 0. The molecule has 1 atom stereocenters. The molecule has 1 N–H and O–H groups in total. The fourth-order valence-electron chi connectivity index (χ4n) is 3.08. The number of ether oxygens (including phenoxy) is 3. The van der Waals surface area contributed by atoms with Gasteiger partial charge in [-0.2, -0.15) is 0 Å². The zero-order valence-corrected chi connectivity index (χ0v) is 15.5. The van der Waals surface area contributed by atoms with Crippen LogP contribution >= 0.6 is 0 Å². The number of fused-ring (bicyclic) bond motifs is 1. The molecule has 0 saturated heterocycles. The first-order valence-corrected chi connectivity index (χ1v) is 8.88. The highest BCUT2D eigenvalue weighted by molar-refractivity contribution is 5.79. The Morgan fingerprint density at radius 1 is 1.12 bits per heavy atom. The molecule has 2 aromatic carbocycles. The van der Waals surface area contributed by atoms with Gasteiger partial charge in [0, 0.05) is 0 Å². The van der Waals surface area contributed by atoms with Crippen molar-refractivity contribution in [3.8, 4) is 17.2 Å². The van der Waals surface area contributed by atoms with E-state index in [1.54, 1.807) is 7.11 Å². The minimum Gasteiger partial charge on any atom is -0.497 e. The molecule has 0 saturated carbocycles. The molecule has 0 aliphatic carbocycles. The fourth-order valence-corrected chi connectivity index (χ4v) is 3.08. The van der Waals surface area contributed by atoms with Crippen molar-refractivity contribution in [3.63, 3.8) is 0 Å². The topological polar surface area (TPSA) is 56.8 Å². The van der Waals surface area contributed by atoms with E-state index >= 15 is 0 Å². The molecule has 0 fully saturated rings. The first-order valence-electron chi connectivity index (χ1n) is 8.88. The molecule has 1 aliphatic heterocycles. The van der Waals surface area contributed by atoms with E-state index in [4.69, 9.17) is 14.2 Å². The molecular formula is C21H25NO4. The van der Waals surface area contributed by atoms with Gasteiger partial charge in [0.25, 0.3) is 0 Å².